The summed E-state index contributed by atoms with van der Waals surface area (Å²) in [4.78, 5) is 12.1. The Morgan fingerprint density at radius 2 is 1.74 bits per heavy atom. The van der Waals surface area contributed by atoms with Gasteiger partial charge in [0.2, 0.25) is 0 Å². The van der Waals surface area contributed by atoms with Gasteiger partial charge in [0.1, 0.15) is 5.82 Å². The van der Waals surface area contributed by atoms with Crippen LogP contribution < -0.4 is 11.1 Å². The van der Waals surface area contributed by atoms with Gasteiger partial charge in [0.25, 0.3) is 5.91 Å². The van der Waals surface area contributed by atoms with E-state index in [9.17, 15) is 4.79 Å². The van der Waals surface area contributed by atoms with Crippen molar-refractivity contribution in [3.05, 3.63) is 46.6 Å². The van der Waals surface area contributed by atoms with Crippen molar-refractivity contribution in [3.8, 4) is 0 Å². The number of anilines is 2. The van der Waals surface area contributed by atoms with E-state index in [4.69, 9.17) is 5.73 Å². The van der Waals surface area contributed by atoms with Gasteiger partial charge in [0.15, 0.2) is 5.69 Å². The molecule has 0 unspecified atom stereocenters. The number of nitrogens with two attached hydrogens (primary N) is 1. The number of hydrogen-bond acceptors (Lipinski definition) is 4. The van der Waals surface area contributed by atoms with E-state index in [1.807, 2.05) is 32.9 Å². The van der Waals surface area contributed by atoms with E-state index in [1.165, 1.54) is 5.56 Å². The Labute approximate surface area is 111 Å². The van der Waals surface area contributed by atoms with Gasteiger partial charge in [-0.2, -0.15) is 0 Å². The highest BCUT2D eigenvalue weighted by Crippen LogP contribution is 2.22. The van der Waals surface area contributed by atoms with Gasteiger partial charge in [0.05, 0.1) is 0 Å². The summed E-state index contributed by atoms with van der Waals surface area (Å²) in [6, 6.07) is 7.15. The Morgan fingerprint density at radius 1 is 1.11 bits per heavy atom. The second kappa shape index (κ2) is 5.06. The summed E-state index contributed by atoms with van der Waals surface area (Å²) < 4.78 is 0. The summed E-state index contributed by atoms with van der Waals surface area (Å²) >= 11 is 0. The van der Waals surface area contributed by atoms with Crippen LogP contribution in [0.3, 0.4) is 0 Å². The Balaban J connectivity index is 2.26. The zero-order valence-corrected chi connectivity index (χ0v) is 11.2. The molecule has 0 saturated heterocycles. The van der Waals surface area contributed by atoms with Crippen LogP contribution in [0.1, 0.15) is 27.2 Å². The highest BCUT2D eigenvalue weighted by molar-refractivity contribution is 6.03. The van der Waals surface area contributed by atoms with Gasteiger partial charge in [-0.3, -0.25) is 4.79 Å². The van der Waals surface area contributed by atoms with E-state index in [1.54, 1.807) is 12.1 Å². The standard InChI is InChI=1S/C14H16N4O/c1-8-6-9(2)13(10(3)7-8)16-14(19)11-4-5-12(15)18-17-11/h4-7H,1-3H3,(H2,15,18)(H,16,19). The number of carbonyl (C=O) groups is 1. The van der Waals surface area contributed by atoms with Crippen LogP contribution in [0.5, 0.6) is 0 Å². The molecular formula is C14H16N4O. The van der Waals surface area contributed by atoms with Crippen LogP contribution in [0.2, 0.25) is 0 Å². The third kappa shape index (κ3) is 2.88. The molecule has 0 atom stereocenters. The molecule has 2 rings (SSSR count). The maximum absolute atomic E-state index is 12.1. The minimum absolute atomic E-state index is 0.244. The largest absolute Gasteiger partial charge is 0.382 e. The molecule has 1 aromatic heterocycles. The van der Waals surface area contributed by atoms with Crippen molar-refractivity contribution in [1.82, 2.24) is 10.2 Å². The summed E-state index contributed by atoms with van der Waals surface area (Å²) in [7, 11) is 0. The number of aryl methyl sites for hydroxylation is 3. The maximum atomic E-state index is 12.1. The van der Waals surface area contributed by atoms with Gasteiger partial charge in [-0.1, -0.05) is 17.7 Å². The molecule has 1 heterocycles. The van der Waals surface area contributed by atoms with Crippen molar-refractivity contribution in [1.29, 1.82) is 0 Å². The number of nitrogen functional groups attached to an aromatic ring is 1. The van der Waals surface area contributed by atoms with Gasteiger partial charge in [-0.25, -0.2) is 0 Å². The normalized spacial score (nSPS) is 10.3. The van der Waals surface area contributed by atoms with E-state index in [-0.39, 0.29) is 11.6 Å². The van der Waals surface area contributed by atoms with Gasteiger partial charge in [-0.15, -0.1) is 10.2 Å². The summed E-state index contributed by atoms with van der Waals surface area (Å²) in [6.45, 7) is 5.95. The van der Waals surface area contributed by atoms with Crippen LogP contribution in [0.25, 0.3) is 0 Å². The molecule has 0 aliphatic heterocycles. The van der Waals surface area contributed by atoms with Crippen molar-refractivity contribution in [2.75, 3.05) is 11.1 Å². The van der Waals surface area contributed by atoms with Gasteiger partial charge in [0, 0.05) is 5.69 Å². The maximum Gasteiger partial charge on any atom is 0.276 e. The molecule has 5 nitrogen and oxygen atoms in total. The number of nitrogens with zero attached hydrogens (tertiary/aromatic N) is 2. The fourth-order valence-corrected chi connectivity index (χ4v) is 2.02. The summed E-state index contributed by atoms with van der Waals surface area (Å²) in [5.41, 5.74) is 9.71. The first-order chi connectivity index (χ1) is 8.97. The highest BCUT2D eigenvalue weighted by Gasteiger charge is 2.11. The molecule has 5 heteroatoms. The molecule has 0 radical (unpaired) electrons. The van der Waals surface area contributed by atoms with Gasteiger partial charge in [-0.05, 0) is 44.0 Å². The van der Waals surface area contributed by atoms with Crippen LogP contribution in [0.15, 0.2) is 24.3 Å². The molecule has 1 aromatic carbocycles. The fourth-order valence-electron chi connectivity index (χ4n) is 2.02. The summed E-state index contributed by atoms with van der Waals surface area (Å²) in [5.74, 6) is 0.00167. The van der Waals surface area contributed by atoms with Crippen LogP contribution in [0.4, 0.5) is 11.5 Å². The van der Waals surface area contributed by atoms with Crippen LogP contribution in [-0.2, 0) is 0 Å². The number of aromatic nitrogens is 2. The Kier molecular flexibility index (Phi) is 3.46. The molecule has 0 spiro atoms. The molecule has 0 aliphatic carbocycles. The second-order valence-corrected chi connectivity index (χ2v) is 4.57. The van der Waals surface area contributed by atoms with Crippen molar-refractivity contribution in [2.24, 2.45) is 0 Å². The number of hydrogen-bond donors (Lipinski definition) is 2. The SMILES string of the molecule is Cc1cc(C)c(NC(=O)c2ccc(N)nn2)c(C)c1. The van der Waals surface area contributed by atoms with Crippen LogP contribution >= 0.6 is 0 Å². The number of rotatable bonds is 2. The average molecular weight is 256 g/mol. The van der Waals surface area contributed by atoms with Crippen molar-refractivity contribution in [3.63, 3.8) is 0 Å². The molecule has 19 heavy (non-hydrogen) atoms. The molecule has 98 valence electrons. The second-order valence-electron chi connectivity index (χ2n) is 4.57. The van der Waals surface area contributed by atoms with E-state index < -0.39 is 0 Å². The summed E-state index contributed by atoms with van der Waals surface area (Å²) in [6.07, 6.45) is 0. The molecular weight excluding hydrogens is 240 g/mol. The first kappa shape index (κ1) is 13.0. The molecule has 2 aromatic rings. The first-order valence-electron chi connectivity index (χ1n) is 5.96. The lowest BCUT2D eigenvalue weighted by Crippen LogP contribution is -2.16. The quantitative estimate of drug-likeness (QED) is 0.863. The Hall–Kier alpha value is -2.43. The third-order valence-electron chi connectivity index (χ3n) is 2.83. The minimum atomic E-state index is -0.289. The van der Waals surface area contributed by atoms with Crippen molar-refractivity contribution >= 4 is 17.4 Å². The minimum Gasteiger partial charge on any atom is -0.382 e. The lowest BCUT2D eigenvalue weighted by molar-refractivity contribution is 0.102. The lowest BCUT2D eigenvalue weighted by Gasteiger charge is -2.12. The summed E-state index contributed by atoms with van der Waals surface area (Å²) in [5, 5.41) is 10.3. The molecule has 1 amide bonds. The molecule has 0 fully saturated rings. The highest BCUT2D eigenvalue weighted by atomic mass is 16.1. The fraction of sp³-hybridized carbons (Fsp3) is 0.214. The number of benzene rings is 1. The Morgan fingerprint density at radius 3 is 2.26 bits per heavy atom. The topological polar surface area (TPSA) is 80.9 Å². The van der Waals surface area contributed by atoms with Crippen LogP contribution in [0, 0.1) is 20.8 Å². The molecule has 0 saturated carbocycles. The zero-order chi connectivity index (χ0) is 14.0. The lowest BCUT2D eigenvalue weighted by atomic mass is 10.1. The Bertz CT molecular complexity index is 597. The smallest absolute Gasteiger partial charge is 0.276 e. The molecule has 0 bridgehead atoms. The predicted octanol–water partition coefficient (Wildman–Crippen LogP) is 2.24. The molecule has 0 aliphatic rings. The first-order valence-corrected chi connectivity index (χ1v) is 5.96. The number of carbonyl (C=O) groups excluding carboxylic acids is 1. The van der Waals surface area contributed by atoms with E-state index in [0.717, 1.165) is 16.8 Å². The van der Waals surface area contributed by atoms with Crippen molar-refractivity contribution < 1.29 is 4.79 Å². The van der Waals surface area contributed by atoms with Crippen LogP contribution in [-0.4, -0.2) is 16.1 Å². The molecule has 3 N–H and O–H groups in total. The van der Waals surface area contributed by atoms with E-state index >= 15 is 0 Å². The average Bonchev–Trinajstić information content (AvgIpc) is 2.34. The number of nitrogens with one attached hydrogen (secondary N) is 1. The van der Waals surface area contributed by atoms with Gasteiger partial charge >= 0.3 is 0 Å². The van der Waals surface area contributed by atoms with Crippen molar-refractivity contribution in [2.45, 2.75) is 20.8 Å². The zero-order valence-electron chi connectivity index (χ0n) is 11.2. The van der Waals surface area contributed by atoms with E-state index in [2.05, 4.69) is 15.5 Å². The third-order valence-corrected chi connectivity index (χ3v) is 2.83. The predicted molar refractivity (Wildman–Crippen MR) is 75.1 cm³/mol. The number of amides is 1. The van der Waals surface area contributed by atoms with Gasteiger partial charge < -0.3 is 11.1 Å². The van der Waals surface area contributed by atoms with E-state index in [0.29, 0.717) is 5.82 Å². The monoisotopic (exact) mass is 256 g/mol.